The maximum absolute atomic E-state index is 11.5. The average molecular weight is 224 g/mol. The molecule has 15 heavy (non-hydrogen) atoms. The van der Waals surface area contributed by atoms with Crippen LogP contribution < -0.4 is 0 Å². The van der Waals surface area contributed by atoms with E-state index in [9.17, 15) is 9.00 Å². The highest BCUT2D eigenvalue weighted by atomic mass is 32.2. The molecule has 80 valence electrons. The minimum atomic E-state index is -1.22. The zero-order chi connectivity index (χ0) is 10.8. The number of carboxylic acids is 1. The van der Waals surface area contributed by atoms with Crippen LogP contribution in [0.2, 0.25) is 0 Å². The van der Waals surface area contributed by atoms with E-state index < -0.39 is 16.8 Å². The van der Waals surface area contributed by atoms with E-state index >= 15 is 0 Å². The summed E-state index contributed by atoms with van der Waals surface area (Å²) in [4.78, 5) is 10.4. The summed E-state index contributed by atoms with van der Waals surface area (Å²) in [6, 6.07) is 9.84. The molecule has 3 atom stereocenters. The van der Waals surface area contributed by atoms with Gasteiger partial charge in [-0.1, -0.05) is 30.3 Å². The largest absolute Gasteiger partial charge is 0.481 e. The SMILES string of the molecule is O=C(O)CS(=O)C1CC1c1ccccc1. The Morgan fingerprint density at radius 3 is 2.67 bits per heavy atom. The van der Waals surface area contributed by atoms with Gasteiger partial charge in [-0.15, -0.1) is 0 Å². The fourth-order valence-electron chi connectivity index (χ4n) is 1.74. The predicted molar refractivity (Wildman–Crippen MR) is 58.2 cm³/mol. The number of aliphatic carboxylic acids is 1. The molecule has 1 aromatic rings. The van der Waals surface area contributed by atoms with E-state index in [-0.39, 0.29) is 11.0 Å². The molecule has 0 spiro atoms. The first kappa shape index (κ1) is 10.4. The van der Waals surface area contributed by atoms with Crippen molar-refractivity contribution in [3.05, 3.63) is 35.9 Å². The van der Waals surface area contributed by atoms with Crippen LogP contribution in [0, 0.1) is 0 Å². The molecule has 1 aromatic carbocycles. The van der Waals surface area contributed by atoms with Crippen LogP contribution in [0.1, 0.15) is 17.9 Å². The van der Waals surface area contributed by atoms with E-state index in [2.05, 4.69) is 0 Å². The van der Waals surface area contributed by atoms with Crippen molar-refractivity contribution < 1.29 is 14.1 Å². The first-order chi connectivity index (χ1) is 7.18. The monoisotopic (exact) mass is 224 g/mol. The molecule has 0 aromatic heterocycles. The van der Waals surface area contributed by atoms with Crippen molar-refractivity contribution >= 4 is 16.8 Å². The molecule has 0 bridgehead atoms. The van der Waals surface area contributed by atoms with Gasteiger partial charge in [0.25, 0.3) is 0 Å². The molecule has 1 saturated carbocycles. The topological polar surface area (TPSA) is 54.4 Å². The Hall–Kier alpha value is -1.16. The normalized spacial score (nSPS) is 25.9. The molecule has 0 radical (unpaired) electrons. The van der Waals surface area contributed by atoms with Crippen molar-refractivity contribution in [1.29, 1.82) is 0 Å². The highest BCUT2D eigenvalue weighted by Crippen LogP contribution is 2.44. The Labute approximate surface area is 90.6 Å². The van der Waals surface area contributed by atoms with Gasteiger partial charge in [-0.05, 0) is 17.9 Å². The molecule has 4 heteroatoms. The van der Waals surface area contributed by atoms with Crippen molar-refractivity contribution in [2.24, 2.45) is 0 Å². The standard InChI is InChI=1S/C11H12O3S/c12-11(13)7-15(14)10-6-9(10)8-4-2-1-3-5-8/h1-5,9-10H,6-7H2,(H,12,13). The third-order valence-corrected chi connectivity index (χ3v) is 4.29. The van der Waals surface area contributed by atoms with Gasteiger partial charge in [-0.25, -0.2) is 0 Å². The smallest absolute Gasteiger partial charge is 0.316 e. The second-order valence-electron chi connectivity index (χ2n) is 3.71. The van der Waals surface area contributed by atoms with E-state index in [4.69, 9.17) is 5.11 Å². The van der Waals surface area contributed by atoms with Crippen LogP contribution >= 0.6 is 0 Å². The second-order valence-corrected chi connectivity index (χ2v) is 5.37. The maximum Gasteiger partial charge on any atom is 0.316 e. The summed E-state index contributed by atoms with van der Waals surface area (Å²) in [6.07, 6.45) is 0.851. The average Bonchev–Trinajstić information content (AvgIpc) is 2.97. The Kier molecular flexibility index (Phi) is 2.86. The highest BCUT2D eigenvalue weighted by molar-refractivity contribution is 7.86. The molecule has 0 amide bonds. The van der Waals surface area contributed by atoms with Crippen molar-refractivity contribution in [1.82, 2.24) is 0 Å². The van der Waals surface area contributed by atoms with E-state index in [0.29, 0.717) is 5.92 Å². The summed E-state index contributed by atoms with van der Waals surface area (Å²) < 4.78 is 11.5. The summed E-state index contributed by atoms with van der Waals surface area (Å²) in [5.41, 5.74) is 1.17. The van der Waals surface area contributed by atoms with Crippen molar-refractivity contribution in [3.8, 4) is 0 Å². The number of carbonyl (C=O) groups is 1. The fourth-order valence-corrected chi connectivity index (χ4v) is 3.14. The first-order valence-corrected chi connectivity index (χ1v) is 6.20. The molecule has 1 N–H and O–H groups in total. The summed E-state index contributed by atoms with van der Waals surface area (Å²) >= 11 is 0. The lowest BCUT2D eigenvalue weighted by Crippen LogP contribution is -2.13. The molecule has 0 saturated heterocycles. The van der Waals surface area contributed by atoms with Crippen LogP contribution in [0.15, 0.2) is 30.3 Å². The molecule has 1 aliphatic rings. The van der Waals surface area contributed by atoms with Crippen LogP contribution in [-0.2, 0) is 15.6 Å². The third kappa shape index (κ3) is 2.45. The van der Waals surface area contributed by atoms with Gasteiger partial charge in [0.15, 0.2) is 0 Å². The molecular weight excluding hydrogens is 212 g/mol. The molecule has 3 unspecified atom stereocenters. The van der Waals surface area contributed by atoms with Gasteiger partial charge >= 0.3 is 5.97 Å². The van der Waals surface area contributed by atoms with Gasteiger partial charge in [0.05, 0.1) is 0 Å². The number of benzene rings is 1. The Morgan fingerprint density at radius 2 is 2.07 bits per heavy atom. The van der Waals surface area contributed by atoms with E-state index in [1.807, 2.05) is 30.3 Å². The number of hydrogen-bond acceptors (Lipinski definition) is 2. The Morgan fingerprint density at radius 1 is 1.40 bits per heavy atom. The van der Waals surface area contributed by atoms with Crippen LogP contribution in [0.4, 0.5) is 0 Å². The molecular formula is C11H12O3S. The first-order valence-electron chi connectivity index (χ1n) is 4.82. The minimum absolute atomic E-state index is 0.0449. The Balaban J connectivity index is 1.97. The molecule has 1 fully saturated rings. The highest BCUT2D eigenvalue weighted by Gasteiger charge is 2.43. The maximum atomic E-state index is 11.5. The number of rotatable bonds is 4. The van der Waals surface area contributed by atoms with Crippen molar-refractivity contribution in [2.45, 2.75) is 17.6 Å². The van der Waals surface area contributed by atoms with E-state index in [0.717, 1.165) is 6.42 Å². The van der Waals surface area contributed by atoms with Crippen LogP contribution in [0.5, 0.6) is 0 Å². The molecule has 0 aliphatic heterocycles. The van der Waals surface area contributed by atoms with Gasteiger partial charge in [-0.3, -0.25) is 9.00 Å². The Bertz CT molecular complexity index is 388. The minimum Gasteiger partial charge on any atom is -0.481 e. The molecule has 1 aliphatic carbocycles. The zero-order valence-corrected chi connectivity index (χ0v) is 8.94. The van der Waals surface area contributed by atoms with Gasteiger partial charge in [0, 0.05) is 16.0 Å². The lowest BCUT2D eigenvalue weighted by molar-refractivity contribution is -0.133. The van der Waals surface area contributed by atoms with Gasteiger partial charge < -0.3 is 5.11 Å². The third-order valence-electron chi connectivity index (χ3n) is 2.56. The summed E-state index contributed by atoms with van der Waals surface area (Å²) in [5.74, 6) is -0.910. The van der Waals surface area contributed by atoms with Crippen molar-refractivity contribution in [2.75, 3.05) is 5.75 Å². The number of hydrogen-bond donors (Lipinski definition) is 1. The summed E-state index contributed by atoms with van der Waals surface area (Å²) in [5, 5.41) is 8.57. The van der Waals surface area contributed by atoms with Crippen LogP contribution in [0.3, 0.4) is 0 Å². The molecule has 0 heterocycles. The second kappa shape index (κ2) is 4.14. The summed E-state index contributed by atoms with van der Waals surface area (Å²) in [6.45, 7) is 0. The lowest BCUT2D eigenvalue weighted by Gasteiger charge is -1.99. The van der Waals surface area contributed by atoms with Crippen LogP contribution in [0.25, 0.3) is 0 Å². The fraction of sp³-hybridized carbons (Fsp3) is 0.364. The predicted octanol–water partition coefficient (Wildman–Crippen LogP) is 1.38. The van der Waals surface area contributed by atoms with E-state index in [1.165, 1.54) is 5.56 Å². The van der Waals surface area contributed by atoms with Gasteiger partial charge in [-0.2, -0.15) is 0 Å². The van der Waals surface area contributed by atoms with Gasteiger partial charge in [0.2, 0.25) is 0 Å². The zero-order valence-electron chi connectivity index (χ0n) is 8.13. The number of carboxylic acid groups (broad SMARTS) is 1. The summed E-state index contributed by atoms with van der Waals surface area (Å²) in [7, 11) is -1.22. The van der Waals surface area contributed by atoms with Gasteiger partial charge in [0.1, 0.15) is 5.75 Å². The van der Waals surface area contributed by atoms with Crippen molar-refractivity contribution in [3.63, 3.8) is 0 Å². The quantitative estimate of drug-likeness (QED) is 0.840. The van der Waals surface area contributed by atoms with Crippen LogP contribution in [-0.4, -0.2) is 26.3 Å². The molecule has 3 nitrogen and oxygen atoms in total. The lowest BCUT2D eigenvalue weighted by atomic mass is 10.1. The molecule has 2 rings (SSSR count). The van der Waals surface area contributed by atoms with E-state index in [1.54, 1.807) is 0 Å².